The molecule has 0 heterocycles. The Kier molecular flexibility index (Phi) is 7.43. The van der Waals surface area contributed by atoms with E-state index in [9.17, 15) is 0 Å². The van der Waals surface area contributed by atoms with E-state index >= 15 is 0 Å². The first-order valence-electron chi connectivity index (χ1n) is 5.67. The van der Waals surface area contributed by atoms with Gasteiger partial charge >= 0.3 is 8.80 Å². The van der Waals surface area contributed by atoms with Crippen LogP contribution in [0.5, 0.6) is 0 Å². The summed E-state index contributed by atoms with van der Waals surface area (Å²) in [7, 11) is 2.64. The van der Waals surface area contributed by atoms with Gasteiger partial charge in [0.05, 0.1) is 0 Å². The van der Waals surface area contributed by atoms with Crippen LogP contribution in [-0.4, -0.2) is 30.1 Å². The fourth-order valence-electron chi connectivity index (χ4n) is 1.86. The van der Waals surface area contributed by atoms with Crippen LogP contribution in [0.3, 0.4) is 0 Å². The Bertz CT molecular complexity index is 150. The third kappa shape index (κ3) is 4.63. The zero-order valence-corrected chi connectivity index (χ0v) is 12.0. The average molecular weight is 234 g/mol. The first-order chi connectivity index (χ1) is 7.02. The molecular formula is C11H26O3Si. The molecule has 0 aliphatic heterocycles. The van der Waals surface area contributed by atoms with Crippen molar-refractivity contribution < 1.29 is 13.3 Å². The molecule has 0 aromatic rings. The minimum absolute atomic E-state index is 0.372. The van der Waals surface area contributed by atoms with Crippen LogP contribution in [0.2, 0.25) is 5.54 Å². The maximum atomic E-state index is 5.45. The van der Waals surface area contributed by atoms with Crippen molar-refractivity contribution in [2.24, 2.45) is 5.92 Å². The SMILES string of the molecule is CO[Si](OC)(OC)C(C)CCCC(C)C. The first kappa shape index (κ1) is 15.1. The van der Waals surface area contributed by atoms with Crippen molar-refractivity contribution in [2.75, 3.05) is 21.3 Å². The van der Waals surface area contributed by atoms with Crippen LogP contribution in [0.15, 0.2) is 0 Å². The molecule has 0 bridgehead atoms. The van der Waals surface area contributed by atoms with Crippen LogP contribution in [0, 0.1) is 5.92 Å². The molecular weight excluding hydrogens is 208 g/mol. The summed E-state index contributed by atoms with van der Waals surface area (Å²) in [4.78, 5) is 0. The fourth-order valence-corrected chi connectivity index (χ4v) is 4.13. The number of hydrogen-bond donors (Lipinski definition) is 0. The van der Waals surface area contributed by atoms with Crippen LogP contribution in [0.25, 0.3) is 0 Å². The van der Waals surface area contributed by atoms with Gasteiger partial charge in [0, 0.05) is 26.9 Å². The van der Waals surface area contributed by atoms with Crippen LogP contribution in [0.4, 0.5) is 0 Å². The Labute approximate surface area is 95.5 Å². The van der Waals surface area contributed by atoms with Gasteiger partial charge in [0.1, 0.15) is 0 Å². The lowest BCUT2D eigenvalue weighted by Crippen LogP contribution is -2.46. The Balaban J connectivity index is 4.08. The molecule has 0 fully saturated rings. The van der Waals surface area contributed by atoms with E-state index in [0.29, 0.717) is 5.54 Å². The highest BCUT2D eigenvalue weighted by Gasteiger charge is 2.43. The maximum Gasteiger partial charge on any atom is 0.503 e. The van der Waals surface area contributed by atoms with Gasteiger partial charge in [0.2, 0.25) is 0 Å². The van der Waals surface area contributed by atoms with E-state index in [4.69, 9.17) is 13.3 Å². The summed E-state index contributed by atoms with van der Waals surface area (Å²) in [5.74, 6) is 0.765. The smallest absolute Gasteiger partial charge is 0.377 e. The van der Waals surface area contributed by atoms with E-state index in [1.807, 2.05) is 0 Å². The van der Waals surface area contributed by atoms with Gasteiger partial charge in [-0.3, -0.25) is 0 Å². The van der Waals surface area contributed by atoms with E-state index in [0.717, 1.165) is 12.3 Å². The van der Waals surface area contributed by atoms with E-state index in [2.05, 4.69) is 20.8 Å². The molecule has 3 nitrogen and oxygen atoms in total. The molecule has 0 aromatic carbocycles. The summed E-state index contributed by atoms with van der Waals surface area (Å²) in [5, 5.41) is 0. The van der Waals surface area contributed by atoms with Gasteiger partial charge in [0.15, 0.2) is 0 Å². The maximum absolute atomic E-state index is 5.45. The van der Waals surface area contributed by atoms with Gasteiger partial charge in [-0.25, -0.2) is 0 Å². The molecule has 0 aliphatic rings. The van der Waals surface area contributed by atoms with Crippen LogP contribution < -0.4 is 0 Å². The van der Waals surface area contributed by atoms with Crippen LogP contribution in [-0.2, 0) is 13.3 Å². The zero-order valence-electron chi connectivity index (χ0n) is 11.0. The van der Waals surface area contributed by atoms with Crippen molar-refractivity contribution in [2.45, 2.75) is 45.6 Å². The highest BCUT2D eigenvalue weighted by atomic mass is 28.4. The zero-order chi connectivity index (χ0) is 11.9. The standard InChI is InChI=1S/C11H26O3Si/c1-10(2)8-7-9-11(3)15(12-4,13-5)14-6/h10-11H,7-9H2,1-6H3. The summed E-state index contributed by atoms with van der Waals surface area (Å²) in [5.41, 5.74) is 0.372. The largest absolute Gasteiger partial charge is 0.503 e. The van der Waals surface area contributed by atoms with E-state index < -0.39 is 8.80 Å². The average Bonchev–Trinajstić information content (AvgIpc) is 2.21. The lowest BCUT2D eigenvalue weighted by atomic mass is 10.1. The molecule has 0 saturated heterocycles. The predicted molar refractivity (Wildman–Crippen MR) is 64.9 cm³/mol. The summed E-state index contributed by atoms with van der Waals surface area (Å²) in [6.45, 7) is 6.65. The molecule has 92 valence electrons. The van der Waals surface area contributed by atoms with E-state index in [1.165, 1.54) is 12.8 Å². The van der Waals surface area contributed by atoms with Crippen molar-refractivity contribution in [3.05, 3.63) is 0 Å². The summed E-state index contributed by atoms with van der Waals surface area (Å²) < 4.78 is 16.4. The van der Waals surface area contributed by atoms with E-state index in [-0.39, 0.29) is 0 Å². The second-order valence-corrected chi connectivity index (χ2v) is 7.86. The molecule has 0 saturated carbocycles. The third-order valence-electron chi connectivity index (χ3n) is 2.88. The quantitative estimate of drug-likeness (QED) is 0.604. The highest BCUT2D eigenvalue weighted by molar-refractivity contribution is 6.62. The molecule has 0 radical (unpaired) electrons. The molecule has 0 rings (SSSR count). The van der Waals surface area contributed by atoms with Crippen molar-refractivity contribution >= 4 is 8.80 Å². The monoisotopic (exact) mass is 234 g/mol. The Morgan fingerprint density at radius 3 is 1.67 bits per heavy atom. The molecule has 0 N–H and O–H groups in total. The second kappa shape index (κ2) is 7.38. The summed E-state index contributed by atoms with van der Waals surface area (Å²) >= 11 is 0. The van der Waals surface area contributed by atoms with Crippen LogP contribution in [0.1, 0.15) is 40.0 Å². The van der Waals surface area contributed by atoms with Crippen molar-refractivity contribution in [1.29, 1.82) is 0 Å². The van der Waals surface area contributed by atoms with Crippen molar-refractivity contribution in [3.63, 3.8) is 0 Å². The van der Waals surface area contributed by atoms with Gasteiger partial charge in [-0.2, -0.15) is 0 Å². The minimum atomic E-state index is -2.39. The lowest BCUT2D eigenvalue weighted by Gasteiger charge is -2.30. The molecule has 0 spiro atoms. The molecule has 1 unspecified atom stereocenters. The van der Waals surface area contributed by atoms with Gasteiger partial charge in [0.25, 0.3) is 0 Å². The van der Waals surface area contributed by atoms with E-state index in [1.54, 1.807) is 21.3 Å². The van der Waals surface area contributed by atoms with Crippen molar-refractivity contribution in [3.8, 4) is 0 Å². The molecule has 1 atom stereocenters. The number of hydrogen-bond acceptors (Lipinski definition) is 3. The predicted octanol–water partition coefficient (Wildman–Crippen LogP) is 3.08. The van der Waals surface area contributed by atoms with Gasteiger partial charge in [-0.15, -0.1) is 0 Å². The lowest BCUT2D eigenvalue weighted by molar-refractivity contribution is 0.111. The van der Waals surface area contributed by atoms with Crippen molar-refractivity contribution in [1.82, 2.24) is 0 Å². The van der Waals surface area contributed by atoms with Gasteiger partial charge in [-0.05, 0) is 12.3 Å². The Morgan fingerprint density at radius 1 is 0.867 bits per heavy atom. The molecule has 0 amide bonds. The number of rotatable bonds is 8. The Hall–Kier alpha value is 0.0969. The van der Waals surface area contributed by atoms with Gasteiger partial charge < -0.3 is 13.3 Å². The van der Waals surface area contributed by atoms with Crippen LogP contribution >= 0.6 is 0 Å². The summed E-state index contributed by atoms with van der Waals surface area (Å²) in [6, 6.07) is 0. The summed E-state index contributed by atoms with van der Waals surface area (Å²) in [6.07, 6.45) is 3.58. The first-order valence-corrected chi connectivity index (χ1v) is 7.48. The van der Waals surface area contributed by atoms with Gasteiger partial charge in [-0.1, -0.05) is 33.6 Å². The Morgan fingerprint density at radius 2 is 1.33 bits per heavy atom. The minimum Gasteiger partial charge on any atom is -0.377 e. The topological polar surface area (TPSA) is 27.7 Å². The molecule has 0 aliphatic carbocycles. The second-order valence-electron chi connectivity index (χ2n) is 4.44. The molecule has 0 aromatic heterocycles. The molecule has 4 heteroatoms. The fraction of sp³-hybridized carbons (Fsp3) is 1.00. The molecule has 15 heavy (non-hydrogen) atoms. The normalized spacial score (nSPS) is 14.6. The highest BCUT2D eigenvalue weighted by Crippen LogP contribution is 2.29. The third-order valence-corrected chi connectivity index (χ3v) is 6.08.